The van der Waals surface area contributed by atoms with Crippen molar-refractivity contribution in [2.45, 2.75) is 313 Å². The Balaban J connectivity index is 0.000000179. The van der Waals surface area contributed by atoms with Gasteiger partial charge < -0.3 is 82.6 Å². The van der Waals surface area contributed by atoms with Crippen molar-refractivity contribution in [2.24, 2.45) is 10.8 Å². The minimum Gasteiger partial charge on any atom is -0.389 e. The first-order valence-corrected chi connectivity index (χ1v) is 51.0. The second-order valence-corrected chi connectivity index (χ2v) is 46.1. The summed E-state index contributed by atoms with van der Waals surface area (Å²) in [6.07, 6.45) is 12.7. The average Bonchev–Trinajstić information content (AvgIpc) is 1.62. The molecule has 1 unspecified atom stereocenters. The summed E-state index contributed by atoms with van der Waals surface area (Å²) >= 11 is 4.30. The fourth-order valence-corrected chi connectivity index (χ4v) is 19.9. The number of carbonyl (C=O) groups is 8. The number of amides is 8. The molecule has 4 saturated heterocycles. The number of carbonyl (C=O) groups excluding carboxylic acids is 8. The quantitative estimate of drug-likeness (QED) is 0.0186. The number of aromatic nitrogens is 8. The number of thiazole rings is 4. The molecular formula is C99H137F5N20O12S4. The van der Waals surface area contributed by atoms with E-state index in [1.165, 1.54) is 48.4 Å². The number of anilines is 4. The third-order valence-corrected chi connectivity index (χ3v) is 30.2. The van der Waals surface area contributed by atoms with Crippen LogP contribution in [0.15, 0.2) is 49.1 Å². The monoisotopic (exact) mass is 2020 g/mol. The van der Waals surface area contributed by atoms with Crippen LogP contribution in [-0.2, 0) is 0 Å². The van der Waals surface area contributed by atoms with Crippen LogP contribution in [0.25, 0.3) is 41.8 Å². The molecule has 0 bridgehead atoms. The molecule has 8 aromatic heterocycles. The van der Waals surface area contributed by atoms with Crippen molar-refractivity contribution in [3.05, 3.63) is 114 Å². The van der Waals surface area contributed by atoms with Gasteiger partial charge in [0.25, 0.3) is 53.2 Å². The minimum atomic E-state index is -4.92. The van der Waals surface area contributed by atoms with E-state index in [4.69, 9.17) is 0 Å². The number of nitrogens with zero attached hydrogens (tertiary/aromatic N) is 12. The Morgan fingerprint density at radius 1 is 0.464 bits per heavy atom. The number of alkyl halides is 5. The van der Waals surface area contributed by atoms with E-state index in [2.05, 4.69) is 110 Å². The van der Waals surface area contributed by atoms with Crippen LogP contribution < -0.4 is 42.5 Å². The van der Waals surface area contributed by atoms with Crippen LogP contribution in [0.2, 0.25) is 0 Å². The van der Waals surface area contributed by atoms with E-state index in [0.717, 1.165) is 131 Å². The van der Waals surface area contributed by atoms with E-state index in [1.54, 1.807) is 85.1 Å². The predicted octanol–water partition coefficient (Wildman–Crippen LogP) is 16.6. The first-order chi connectivity index (χ1) is 65.0. The topological polar surface area (TPSA) is 430 Å². The van der Waals surface area contributed by atoms with E-state index in [1.807, 2.05) is 103 Å². The highest BCUT2D eigenvalue weighted by molar-refractivity contribution is 7.18. The van der Waals surface area contributed by atoms with Crippen molar-refractivity contribution < 1.29 is 80.7 Å². The molecule has 6 aliphatic rings. The summed E-state index contributed by atoms with van der Waals surface area (Å²) in [6, 6.07) is 7.07. The first kappa shape index (κ1) is 110. The summed E-state index contributed by atoms with van der Waals surface area (Å²) in [5.41, 5.74) is 0.984. The van der Waals surface area contributed by atoms with Gasteiger partial charge in [-0.05, 0) is 266 Å². The number of rotatable bonds is 30. The number of hydrogen-bond acceptors (Lipinski definition) is 28. The second kappa shape index (κ2) is 43.8. The van der Waals surface area contributed by atoms with E-state index >= 15 is 0 Å². The van der Waals surface area contributed by atoms with Gasteiger partial charge in [0.15, 0.2) is 25.6 Å². The van der Waals surface area contributed by atoms with Gasteiger partial charge in [-0.15, -0.1) is 45.3 Å². The fraction of sp³-hybridized carbons (Fsp3) is 0.596. The number of nitrogens with one attached hydrogen (secondary N) is 8. The van der Waals surface area contributed by atoms with Crippen molar-refractivity contribution in [3.8, 4) is 41.8 Å². The molecule has 0 aromatic carbocycles. The Morgan fingerprint density at radius 2 is 0.779 bits per heavy atom. The van der Waals surface area contributed by atoms with Crippen molar-refractivity contribution in [2.75, 3.05) is 80.2 Å². The normalized spacial score (nSPS) is 18.9. The molecule has 12 heterocycles. The van der Waals surface area contributed by atoms with Gasteiger partial charge in [-0.3, -0.25) is 38.4 Å². The van der Waals surface area contributed by atoms with E-state index in [0.29, 0.717) is 91.4 Å². The molecule has 0 radical (unpaired) electrons. The zero-order chi connectivity index (χ0) is 103. The summed E-state index contributed by atoms with van der Waals surface area (Å²) in [5, 5.41) is 63.7. The van der Waals surface area contributed by atoms with Crippen LogP contribution in [0.3, 0.4) is 0 Å². The lowest BCUT2D eigenvalue weighted by molar-refractivity contribution is -0.249. The maximum atomic E-state index is 14.0. The highest BCUT2D eigenvalue weighted by Crippen LogP contribution is 2.48. The van der Waals surface area contributed by atoms with Gasteiger partial charge in [0.05, 0.1) is 55.4 Å². The molecule has 8 aromatic rings. The number of likely N-dealkylation sites (tertiary alicyclic amines) is 4. The third-order valence-electron chi connectivity index (χ3n) is 25.8. The molecule has 8 amide bonds. The lowest BCUT2D eigenvalue weighted by Gasteiger charge is -2.26. The van der Waals surface area contributed by atoms with Gasteiger partial charge in [0.1, 0.15) is 46.0 Å². The van der Waals surface area contributed by atoms with Crippen LogP contribution in [0.1, 0.15) is 312 Å². The summed E-state index contributed by atoms with van der Waals surface area (Å²) < 4.78 is 67.1. The van der Waals surface area contributed by atoms with Gasteiger partial charge in [0.2, 0.25) is 0 Å². The molecular weight excluding hydrogens is 1880 g/mol. The molecule has 6 fully saturated rings. The van der Waals surface area contributed by atoms with Crippen LogP contribution in [0, 0.1) is 38.5 Å². The van der Waals surface area contributed by atoms with Gasteiger partial charge in [0, 0.05) is 135 Å². The van der Waals surface area contributed by atoms with E-state index in [9.17, 15) is 80.7 Å². The molecule has 41 heteroatoms. The van der Waals surface area contributed by atoms with E-state index < -0.39 is 95.6 Å². The summed E-state index contributed by atoms with van der Waals surface area (Å²) in [7, 11) is 0. The van der Waals surface area contributed by atoms with Crippen LogP contribution in [0.5, 0.6) is 0 Å². The van der Waals surface area contributed by atoms with Crippen molar-refractivity contribution in [1.29, 1.82) is 0 Å². The summed E-state index contributed by atoms with van der Waals surface area (Å²) in [5.74, 6) is -3.60. The Labute approximate surface area is 831 Å². The van der Waals surface area contributed by atoms with Crippen molar-refractivity contribution >= 4 is 116 Å². The van der Waals surface area contributed by atoms with Crippen LogP contribution in [0.4, 0.5) is 45.2 Å². The number of halogens is 5. The number of hydrogen-bond donors (Lipinski definition) is 12. The molecule has 7 atom stereocenters. The highest BCUT2D eigenvalue weighted by atomic mass is 32.1. The minimum absolute atomic E-state index is 0.00351. The Bertz CT molecular complexity index is 5840. The highest BCUT2D eigenvalue weighted by Gasteiger charge is 2.51. The maximum Gasteiger partial charge on any atom is 0.418 e. The van der Waals surface area contributed by atoms with Crippen LogP contribution >= 0.6 is 45.3 Å². The molecule has 2 saturated carbocycles. The molecule has 764 valence electrons. The summed E-state index contributed by atoms with van der Waals surface area (Å²) in [6.45, 7) is 43.9. The zero-order valence-corrected chi connectivity index (χ0v) is 87.6. The molecule has 12 N–H and O–H groups in total. The third kappa shape index (κ3) is 28.5. The van der Waals surface area contributed by atoms with E-state index in [-0.39, 0.29) is 91.6 Å². The molecule has 0 spiro atoms. The van der Waals surface area contributed by atoms with Crippen LogP contribution in [-0.4, -0.2) is 262 Å². The van der Waals surface area contributed by atoms with Gasteiger partial charge >= 0.3 is 6.18 Å². The Hall–Kier alpha value is -10.4. The van der Waals surface area contributed by atoms with Gasteiger partial charge in [-0.2, -0.15) is 13.2 Å². The zero-order valence-electron chi connectivity index (χ0n) is 84.4. The Morgan fingerprint density at radius 3 is 1.06 bits per heavy atom. The first-order valence-electron chi connectivity index (χ1n) is 47.7. The standard InChI is InChI=1S/C25H33F2N5O3S.C25H35N5O3S.C25H37N5O3S.C24H32F3N5O3S/c1-14-8-17(29-12-24(5)6-7-24)28-10-16(14)19-18(22(34)32-13-25(26,27)9-15(32)2)31-21(36-19)20(33)30-11-23(3,4)35;1-15-11-18(27-14-25(5)8-9-25)26-12-17(15)20-19(23(32)30-10-6-7-16(30)2)29-22(34-20)21(31)28-13-24(3,4)33;1-8-15(3)27-19-12-14(2)18(13-26-19)21-20(24(32)30-11-9-10-16(30)4)29-23(34-21)22(31)28-17(5)25(6,7)33;1-13-10-16(31-22(3,4)5)28-11-15(13)18-17(21(34)32-9-7-8-14(32)2)30-20(36-18)19(33)29-12-23(6,35)24(25,26)27/h8,10,15,35H,6-7,9,11-13H2,1-5H3,(H,28,29)(H,30,33);11-12,16,33H,6-10,13-14H2,1-5H3,(H,26,27)(H,28,31);12-13,15-17,33H,8-11H2,1-7H3,(H,26,27)(H,28,31);10-11,14,35H,7-9,12H2,1-6H3,(H,28,31)(H,29,33)/t15-;16-;15-,16+,17+;14-,23?/m0010/s1. The molecule has 32 nitrogen and oxygen atoms in total. The lowest BCUT2D eigenvalue weighted by Crippen LogP contribution is -2.51. The van der Waals surface area contributed by atoms with Crippen molar-refractivity contribution in [1.82, 2.24) is 80.7 Å². The van der Waals surface area contributed by atoms with Crippen molar-refractivity contribution in [3.63, 3.8) is 0 Å². The van der Waals surface area contributed by atoms with Gasteiger partial charge in [-0.1, -0.05) is 20.8 Å². The SMILES string of the molecule is CC[C@@H](C)Nc1cc(C)c(-c2sc(C(=O)N[C@@H](C)C(C)(C)O)nc2C(=O)N2CCC[C@@H]2C)cn1.Cc1cc(NC(C)(C)C)ncc1-c1sc(C(=O)NCC(C)(O)C(F)(F)F)nc1C(=O)N1CCC[C@@H]1C.Cc1cc(NCC2(C)CC2)ncc1-c1sc(C(=O)NCC(C)(C)O)nc1C(=O)N1CC(F)(F)C[C@@H]1C.Cc1cc(NCC2(C)CC2)ncc1-c1sc(C(=O)NCC(C)(C)O)nc1C(=O)N1CCC[C@@H]1C. The lowest BCUT2D eigenvalue weighted by atomic mass is 10.0. The number of pyridine rings is 4. The summed E-state index contributed by atoms with van der Waals surface area (Å²) in [4.78, 5) is 149. The molecule has 140 heavy (non-hydrogen) atoms. The number of aryl methyl sites for hydroxylation is 4. The average molecular weight is 2020 g/mol. The maximum absolute atomic E-state index is 14.0. The molecule has 4 aliphatic heterocycles. The smallest absolute Gasteiger partial charge is 0.389 e. The number of aliphatic hydroxyl groups is 4. The molecule has 14 rings (SSSR count). The van der Waals surface area contributed by atoms with Gasteiger partial charge in [-0.25, -0.2) is 48.7 Å². The largest absolute Gasteiger partial charge is 0.418 e. The fourth-order valence-electron chi connectivity index (χ4n) is 15.8. The molecule has 2 aliphatic carbocycles. The Kier molecular flexibility index (Phi) is 34.4. The predicted molar refractivity (Wildman–Crippen MR) is 538 cm³/mol. The second-order valence-electron chi connectivity index (χ2n) is 42.1.